The number of aliphatic carboxylic acids is 1. The number of nitrogens with two attached hydrogens (primary N) is 1. The maximum Gasteiger partial charge on any atom is 0.326 e. The second-order valence-corrected chi connectivity index (χ2v) is 13.2. The minimum absolute atomic E-state index is 0.0219. The van der Waals surface area contributed by atoms with E-state index in [2.05, 4.69) is 25.5 Å². The molecule has 5 rings (SSSR count). The number of ether oxygens (including phenoxy) is 2. The number of fused-ring (bicyclic) bond motifs is 1. The van der Waals surface area contributed by atoms with Crippen LogP contribution in [0.3, 0.4) is 0 Å². The molecule has 0 aliphatic rings. The van der Waals surface area contributed by atoms with Crippen LogP contribution in [-0.2, 0) is 39.1 Å². The number of thiazole rings is 1. The predicted octanol–water partition coefficient (Wildman–Crippen LogP) is 3.61. The van der Waals surface area contributed by atoms with Gasteiger partial charge in [0.15, 0.2) is 5.69 Å². The van der Waals surface area contributed by atoms with Crippen molar-refractivity contribution in [3.8, 4) is 11.5 Å². The molecule has 14 nitrogen and oxygen atoms in total. The lowest BCUT2D eigenvalue weighted by Gasteiger charge is -2.21. The van der Waals surface area contributed by atoms with Gasteiger partial charge in [-0.15, -0.1) is 16.4 Å². The van der Waals surface area contributed by atoms with Crippen molar-refractivity contribution < 1.29 is 37.0 Å². The van der Waals surface area contributed by atoms with E-state index in [-0.39, 0.29) is 30.4 Å². The summed E-state index contributed by atoms with van der Waals surface area (Å²) < 4.78 is 48.6. The summed E-state index contributed by atoms with van der Waals surface area (Å²) in [5.41, 5.74) is 2.51. The molecule has 0 unspecified atom stereocenters. The van der Waals surface area contributed by atoms with Crippen LogP contribution in [0.2, 0.25) is 0 Å². The molecule has 48 heavy (non-hydrogen) atoms. The van der Waals surface area contributed by atoms with Crippen LogP contribution in [0.5, 0.6) is 11.5 Å². The Labute approximate surface area is 277 Å². The molecular formula is C31H28FN7O7S2. The number of aromatic nitrogens is 4. The number of nitrogens with one attached hydrogen (secondary N) is 1. The normalized spacial score (nSPS) is 12.6. The second-order valence-electron chi connectivity index (χ2n) is 10.4. The Morgan fingerprint density at radius 3 is 2.40 bits per heavy atom. The molecule has 0 saturated heterocycles. The number of sulfonamides is 1. The van der Waals surface area contributed by atoms with E-state index >= 15 is 0 Å². The molecule has 0 spiro atoms. The molecule has 0 saturated carbocycles. The van der Waals surface area contributed by atoms with Gasteiger partial charge in [0.1, 0.15) is 49.2 Å². The van der Waals surface area contributed by atoms with Crippen LogP contribution in [0.15, 0.2) is 77.3 Å². The third-order valence-electron chi connectivity index (χ3n) is 6.97. The van der Waals surface area contributed by atoms with Gasteiger partial charge in [0.25, 0.3) is 10.0 Å². The lowest BCUT2D eigenvalue weighted by Crippen LogP contribution is -2.46. The van der Waals surface area contributed by atoms with Crippen LogP contribution in [0.25, 0.3) is 15.1 Å². The van der Waals surface area contributed by atoms with Crippen molar-refractivity contribution in [1.82, 2.24) is 25.3 Å². The topological polar surface area (TPSA) is 193 Å². The Bertz CT molecular complexity index is 2060. The zero-order chi connectivity index (χ0) is 34.3. The van der Waals surface area contributed by atoms with Crippen molar-refractivity contribution in [2.24, 2.45) is 5.14 Å². The predicted molar refractivity (Wildman–Crippen MR) is 172 cm³/mol. The molecule has 0 radical (unpaired) electrons. The van der Waals surface area contributed by atoms with Crippen molar-refractivity contribution in [2.45, 2.75) is 35.9 Å². The molecule has 248 valence electrons. The van der Waals surface area contributed by atoms with Crippen LogP contribution in [0, 0.1) is 6.57 Å². The number of carbonyl (C=O) groups is 2. The Morgan fingerprint density at radius 1 is 1.04 bits per heavy atom. The fourth-order valence-corrected chi connectivity index (χ4v) is 6.29. The number of carboxylic acids is 1. The van der Waals surface area contributed by atoms with Crippen LogP contribution < -0.4 is 19.9 Å². The summed E-state index contributed by atoms with van der Waals surface area (Å²) in [4.78, 5) is 33.2. The molecule has 1 amide bonds. The van der Waals surface area contributed by atoms with E-state index < -0.39 is 40.7 Å². The van der Waals surface area contributed by atoms with Gasteiger partial charge in [-0.1, -0.05) is 41.6 Å². The van der Waals surface area contributed by atoms with Gasteiger partial charge in [-0.05, 0) is 41.5 Å². The fourth-order valence-electron chi connectivity index (χ4n) is 4.60. The van der Waals surface area contributed by atoms with Crippen LogP contribution in [0.1, 0.15) is 22.9 Å². The van der Waals surface area contributed by atoms with Gasteiger partial charge in [-0.25, -0.2) is 37.3 Å². The van der Waals surface area contributed by atoms with E-state index in [1.54, 1.807) is 66.7 Å². The van der Waals surface area contributed by atoms with Gasteiger partial charge < -0.3 is 19.9 Å². The minimum Gasteiger partial charge on any atom is -0.491 e. The highest BCUT2D eigenvalue weighted by Crippen LogP contribution is 2.28. The van der Waals surface area contributed by atoms with E-state index in [9.17, 15) is 27.5 Å². The van der Waals surface area contributed by atoms with Gasteiger partial charge in [0.05, 0.1) is 23.0 Å². The smallest absolute Gasteiger partial charge is 0.326 e. The zero-order valence-corrected chi connectivity index (χ0v) is 26.7. The first-order valence-corrected chi connectivity index (χ1v) is 16.6. The molecule has 4 N–H and O–H groups in total. The van der Waals surface area contributed by atoms with Crippen molar-refractivity contribution in [3.05, 3.63) is 101 Å². The zero-order valence-electron chi connectivity index (χ0n) is 25.0. The number of hydrogen-bond donors (Lipinski definition) is 3. The first kappa shape index (κ1) is 33.9. The molecule has 0 aliphatic heterocycles. The molecule has 3 aromatic carbocycles. The van der Waals surface area contributed by atoms with E-state index in [0.29, 0.717) is 44.2 Å². The number of halogens is 1. The number of carbonyl (C=O) groups excluding carboxylic acids is 1. The summed E-state index contributed by atoms with van der Waals surface area (Å²) in [6, 6.07) is 15.6. The molecular weight excluding hydrogens is 666 g/mol. The third-order valence-corrected chi connectivity index (χ3v) is 9.31. The lowest BCUT2D eigenvalue weighted by molar-refractivity contribution is -0.142. The first-order chi connectivity index (χ1) is 23.0. The SMILES string of the molecule is [C-]#[N+]c1ccc(C[C@H](NC(=O)[C@H](Cc2ccc(OCCF)cc2)n2cc(COc3ccc4nc(S(N)(=O)=O)sc4c3)nn2)C(=O)O)cc1. The van der Waals surface area contributed by atoms with Gasteiger partial charge in [-0.3, -0.25) is 4.79 Å². The Kier molecular flexibility index (Phi) is 10.6. The minimum atomic E-state index is -3.95. The van der Waals surface area contributed by atoms with Crippen molar-refractivity contribution >= 4 is 49.1 Å². The number of primary sulfonamides is 1. The highest BCUT2D eigenvalue weighted by Gasteiger charge is 2.28. The Hall–Kier alpha value is -5.44. The van der Waals surface area contributed by atoms with Gasteiger partial charge in [0.2, 0.25) is 10.2 Å². The van der Waals surface area contributed by atoms with Crippen molar-refractivity contribution in [2.75, 3.05) is 13.3 Å². The number of amides is 1. The molecule has 2 aromatic heterocycles. The average molecular weight is 694 g/mol. The quantitative estimate of drug-likeness (QED) is 0.136. The van der Waals surface area contributed by atoms with Gasteiger partial charge in [-0.2, -0.15) is 0 Å². The Morgan fingerprint density at radius 2 is 1.73 bits per heavy atom. The summed E-state index contributed by atoms with van der Waals surface area (Å²) in [5.74, 6) is -1.02. The molecule has 0 aliphatic carbocycles. The van der Waals surface area contributed by atoms with Crippen molar-refractivity contribution in [3.63, 3.8) is 0 Å². The maximum absolute atomic E-state index is 13.7. The molecule has 0 bridgehead atoms. The largest absolute Gasteiger partial charge is 0.491 e. The van der Waals surface area contributed by atoms with Gasteiger partial charge in [0, 0.05) is 12.8 Å². The van der Waals surface area contributed by atoms with E-state index in [4.69, 9.17) is 21.2 Å². The van der Waals surface area contributed by atoms with Crippen LogP contribution in [-0.4, -0.2) is 64.7 Å². The molecule has 2 heterocycles. The number of alkyl halides is 1. The summed E-state index contributed by atoms with van der Waals surface area (Å²) >= 11 is 0.907. The van der Waals surface area contributed by atoms with E-state index in [1.165, 1.54) is 10.9 Å². The summed E-state index contributed by atoms with van der Waals surface area (Å²) in [6.07, 6.45) is 1.58. The number of carboxylic acid groups (broad SMARTS) is 1. The number of benzene rings is 3. The van der Waals surface area contributed by atoms with Gasteiger partial charge >= 0.3 is 5.97 Å². The fraction of sp³-hybridized carbons (Fsp3) is 0.226. The number of rotatable bonds is 15. The van der Waals surface area contributed by atoms with Crippen LogP contribution in [0.4, 0.5) is 10.1 Å². The highest BCUT2D eigenvalue weighted by molar-refractivity contribution is 7.91. The summed E-state index contributed by atoms with van der Waals surface area (Å²) in [7, 11) is -3.95. The maximum atomic E-state index is 13.7. The summed E-state index contributed by atoms with van der Waals surface area (Å²) in [6.45, 7) is 6.31. The molecule has 17 heteroatoms. The first-order valence-electron chi connectivity index (χ1n) is 14.3. The molecule has 2 atom stereocenters. The summed E-state index contributed by atoms with van der Waals surface area (Å²) in [5, 5.41) is 26.0. The highest BCUT2D eigenvalue weighted by atomic mass is 32.2. The monoisotopic (exact) mass is 693 g/mol. The van der Waals surface area contributed by atoms with E-state index in [0.717, 1.165) is 11.3 Å². The van der Waals surface area contributed by atoms with E-state index in [1.807, 2.05) is 0 Å². The van der Waals surface area contributed by atoms with Crippen molar-refractivity contribution in [1.29, 1.82) is 0 Å². The number of nitrogens with zero attached hydrogens (tertiary/aromatic N) is 5. The lowest BCUT2D eigenvalue weighted by atomic mass is 10.0. The standard InChI is InChI=1S/C31H28FN7O7S2/c1-34-21-6-2-19(3-7-21)14-26(30(41)42)35-29(40)27(15-20-4-8-23(9-5-20)45-13-12-32)39-17-22(37-38-39)18-46-24-10-11-25-28(16-24)47-31(36-25)48(33,43)44/h2-11,16-17,26-27H,12-15,18H2,(H,35,40)(H,41,42)(H2,33,43,44)/t26-,27-/m0/s1. The Balaban J connectivity index is 1.34. The average Bonchev–Trinajstić information content (AvgIpc) is 3.73. The number of hydrogen-bond acceptors (Lipinski definition) is 10. The second kappa shape index (κ2) is 15.0. The third kappa shape index (κ3) is 8.67. The molecule has 0 fully saturated rings. The molecule has 5 aromatic rings. The van der Waals surface area contributed by atoms with Crippen LogP contribution >= 0.6 is 11.3 Å².